The van der Waals surface area contributed by atoms with E-state index >= 15 is 0 Å². The fourth-order valence-electron chi connectivity index (χ4n) is 12.0. The van der Waals surface area contributed by atoms with E-state index in [0.717, 1.165) is 75.4 Å². The molecule has 7 rings (SSSR count). The van der Waals surface area contributed by atoms with Gasteiger partial charge in [-0.25, -0.2) is 0 Å². The van der Waals surface area contributed by atoms with Crippen LogP contribution in [0, 0.1) is 34.5 Å². The van der Waals surface area contributed by atoms with Crippen LogP contribution in [0.25, 0.3) is 0 Å². The first-order chi connectivity index (χ1) is 22.4. The van der Waals surface area contributed by atoms with Crippen molar-refractivity contribution in [3.63, 3.8) is 0 Å². The van der Waals surface area contributed by atoms with E-state index < -0.39 is 0 Å². The van der Waals surface area contributed by atoms with Crippen LogP contribution >= 0.6 is 0 Å². The minimum atomic E-state index is -0.200. The van der Waals surface area contributed by atoms with Gasteiger partial charge in [-0.05, 0) is 156 Å². The summed E-state index contributed by atoms with van der Waals surface area (Å²) < 4.78 is 25.3. The van der Waals surface area contributed by atoms with Gasteiger partial charge in [-0.3, -0.25) is 0 Å². The zero-order valence-electron chi connectivity index (χ0n) is 29.5. The van der Waals surface area contributed by atoms with E-state index in [2.05, 4.69) is 47.9 Å². The molecule has 0 amide bonds. The molecule has 0 radical (unpaired) electrons. The lowest BCUT2D eigenvalue weighted by atomic mass is 9.44. The molecule has 0 aromatic heterocycles. The van der Waals surface area contributed by atoms with Crippen molar-refractivity contribution in [2.45, 2.75) is 109 Å². The van der Waals surface area contributed by atoms with Crippen LogP contribution in [-0.2, 0) is 19.8 Å². The fraction of sp³-hybridized carbons (Fsp3) is 0.850. The van der Waals surface area contributed by atoms with Crippen molar-refractivity contribution >= 4 is 0 Å². The van der Waals surface area contributed by atoms with Gasteiger partial charge in [0.1, 0.15) is 5.75 Å². The summed E-state index contributed by atoms with van der Waals surface area (Å²) in [6, 6.07) is 8.98. The number of fused-ring (bicyclic) bond motifs is 5. The first-order valence-electron chi connectivity index (χ1n) is 19.4. The van der Waals surface area contributed by atoms with Crippen LogP contribution in [0.2, 0.25) is 0 Å². The predicted molar refractivity (Wildman–Crippen MR) is 184 cm³/mol. The molecule has 46 heavy (non-hydrogen) atoms. The third-order valence-corrected chi connectivity index (χ3v) is 14.6. The normalized spacial score (nSPS) is 39.7. The van der Waals surface area contributed by atoms with Gasteiger partial charge in [0.15, 0.2) is 0 Å². The molecule has 2 saturated heterocycles. The van der Waals surface area contributed by atoms with Crippen LogP contribution in [0.4, 0.5) is 0 Å². The van der Waals surface area contributed by atoms with Crippen molar-refractivity contribution < 1.29 is 18.9 Å². The van der Waals surface area contributed by atoms with Crippen LogP contribution in [0.3, 0.4) is 0 Å². The number of hydrogen-bond donors (Lipinski definition) is 0. The third kappa shape index (κ3) is 6.32. The Morgan fingerprint density at radius 2 is 1.41 bits per heavy atom. The molecule has 0 spiro atoms. The maximum atomic E-state index is 7.29. The standard InChI is InChI=1S/C40H64N2O4/c1-38-17-14-34(45-29-28-44-26-24-41-20-4-5-21-41)30-32(38)10-13-35-36(38)15-18-39(2)37(35)16-19-40(39,31-8-11-33(43-3)12-9-31)46-27-25-42-22-6-7-23-42/h8-9,11-12,32,34-37H,4-7,10,13-30H2,1-3H3/t32-,34+,35-,36+,37+,38+,39+,40-/m1/s1. The van der Waals surface area contributed by atoms with Gasteiger partial charge in [-0.15, -0.1) is 0 Å². The van der Waals surface area contributed by atoms with Crippen LogP contribution in [0.1, 0.15) is 103 Å². The third-order valence-electron chi connectivity index (χ3n) is 14.6. The molecule has 0 unspecified atom stereocenters. The Hall–Kier alpha value is -1.18. The average Bonchev–Trinajstić information content (AvgIpc) is 3.85. The van der Waals surface area contributed by atoms with Crippen LogP contribution in [0.15, 0.2) is 24.3 Å². The van der Waals surface area contributed by atoms with E-state index in [1.165, 1.54) is 109 Å². The summed E-state index contributed by atoms with van der Waals surface area (Å²) in [5.41, 5.74) is 1.81. The molecule has 4 aliphatic carbocycles. The largest absolute Gasteiger partial charge is 0.497 e. The van der Waals surface area contributed by atoms with Crippen molar-refractivity contribution in [3.05, 3.63) is 29.8 Å². The number of rotatable bonds is 13. The molecule has 1 aromatic rings. The Morgan fingerprint density at radius 1 is 0.717 bits per heavy atom. The summed E-state index contributed by atoms with van der Waals surface area (Å²) in [7, 11) is 1.77. The maximum absolute atomic E-state index is 7.29. The Kier molecular flexibility index (Phi) is 10.4. The molecule has 6 aliphatic rings. The zero-order valence-corrected chi connectivity index (χ0v) is 29.5. The molecule has 6 heteroatoms. The number of benzene rings is 1. The van der Waals surface area contributed by atoms with Crippen LogP contribution < -0.4 is 4.74 Å². The summed E-state index contributed by atoms with van der Waals surface area (Å²) in [6.07, 6.45) is 17.5. The summed E-state index contributed by atoms with van der Waals surface area (Å²) in [5.74, 6) is 4.15. The van der Waals surface area contributed by atoms with Crippen molar-refractivity contribution in [2.24, 2.45) is 34.5 Å². The van der Waals surface area contributed by atoms with Gasteiger partial charge in [0.05, 0.1) is 45.2 Å². The molecule has 0 bridgehead atoms. The van der Waals surface area contributed by atoms with Gasteiger partial charge in [-0.1, -0.05) is 26.0 Å². The number of hydrogen-bond acceptors (Lipinski definition) is 6. The molecular weight excluding hydrogens is 572 g/mol. The van der Waals surface area contributed by atoms with E-state index in [9.17, 15) is 0 Å². The van der Waals surface area contributed by atoms with Gasteiger partial charge < -0.3 is 28.7 Å². The quantitative estimate of drug-likeness (QED) is 0.209. The monoisotopic (exact) mass is 636 g/mol. The molecular formula is C40H64N2O4. The highest BCUT2D eigenvalue weighted by Gasteiger charge is 2.66. The molecule has 0 N–H and O–H groups in total. The maximum Gasteiger partial charge on any atom is 0.118 e. The average molecular weight is 637 g/mol. The molecule has 4 saturated carbocycles. The summed E-state index contributed by atoms with van der Waals surface area (Å²) in [6.45, 7) is 15.6. The topological polar surface area (TPSA) is 43.4 Å². The highest BCUT2D eigenvalue weighted by Crippen LogP contribution is 2.71. The second kappa shape index (κ2) is 14.4. The number of ether oxygens (including phenoxy) is 4. The summed E-state index contributed by atoms with van der Waals surface area (Å²) >= 11 is 0. The van der Waals surface area contributed by atoms with Gasteiger partial charge in [0.2, 0.25) is 0 Å². The SMILES string of the molecule is COc1ccc([C@]2(OCCN3CCCC3)CC[C@H]3[C@@H]4CC[C@@H]5C[C@@H](OCCOCCN6CCCC6)CC[C@]5(C)[C@H]4CC[C@@]32C)cc1. The molecule has 2 heterocycles. The Bertz CT molecular complexity index is 1120. The van der Waals surface area contributed by atoms with Gasteiger partial charge in [0, 0.05) is 18.5 Å². The predicted octanol–water partition coefficient (Wildman–Crippen LogP) is 7.54. The van der Waals surface area contributed by atoms with Crippen molar-refractivity contribution in [1.29, 1.82) is 0 Å². The zero-order chi connectivity index (χ0) is 31.6. The Labute approximate surface area is 280 Å². The summed E-state index contributed by atoms with van der Waals surface area (Å²) in [4.78, 5) is 5.14. The molecule has 6 nitrogen and oxygen atoms in total. The van der Waals surface area contributed by atoms with Crippen LogP contribution in [-0.4, -0.2) is 88.7 Å². The molecule has 258 valence electrons. The van der Waals surface area contributed by atoms with E-state index in [1.807, 2.05) is 0 Å². The lowest BCUT2D eigenvalue weighted by Crippen LogP contribution is -2.56. The van der Waals surface area contributed by atoms with Gasteiger partial charge in [0.25, 0.3) is 0 Å². The minimum Gasteiger partial charge on any atom is -0.497 e. The highest BCUT2D eigenvalue weighted by atomic mass is 16.5. The lowest BCUT2D eigenvalue weighted by molar-refractivity contribution is -0.185. The van der Waals surface area contributed by atoms with Crippen molar-refractivity contribution in [3.8, 4) is 5.75 Å². The summed E-state index contributed by atoms with van der Waals surface area (Å²) in [5, 5.41) is 0. The Morgan fingerprint density at radius 3 is 2.13 bits per heavy atom. The van der Waals surface area contributed by atoms with E-state index in [1.54, 1.807) is 7.11 Å². The smallest absolute Gasteiger partial charge is 0.118 e. The van der Waals surface area contributed by atoms with Crippen molar-refractivity contribution in [2.75, 3.05) is 72.8 Å². The highest BCUT2D eigenvalue weighted by molar-refractivity contribution is 5.35. The first-order valence-corrected chi connectivity index (χ1v) is 19.4. The second-order valence-corrected chi connectivity index (χ2v) is 16.5. The van der Waals surface area contributed by atoms with Gasteiger partial charge >= 0.3 is 0 Å². The van der Waals surface area contributed by atoms with E-state index in [0.29, 0.717) is 11.5 Å². The number of methoxy groups -OCH3 is 1. The fourth-order valence-corrected chi connectivity index (χ4v) is 12.0. The first kappa shape index (κ1) is 33.3. The number of likely N-dealkylation sites (tertiary alicyclic amines) is 2. The second-order valence-electron chi connectivity index (χ2n) is 16.5. The number of nitrogens with zero attached hydrogens (tertiary/aromatic N) is 2. The lowest BCUT2D eigenvalue weighted by Gasteiger charge is -2.62. The Balaban J connectivity index is 0.985. The molecule has 2 aliphatic heterocycles. The molecule has 8 atom stereocenters. The van der Waals surface area contributed by atoms with Crippen molar-refractivity contribution in [1.82, 2.24) is 9.80 Å². The van der Waals surface area contributed by atoms with E-state index in [-0.39, 0.29) is 11.0 Å². The van der Waals surface area contributed by atoms with Crippen LogP contribution in [0.5, 0.6) is 5.75 Å². The molecule has 6 fully saturated rings. The van der Waals surface area contributed by atoms with Gasteiger partial charge in [-0.2, -0.15) is 0 Å². The molecule has 1 aromatic carbocycles. The van der Waals surface area contributed by atoms with E-state index in [4.69, 9.17) is 18.9 Å². The minimum absolute atomic E-state index is 0.173.